The van der Waals surface area contributed by atoms with Crippen molar-refractivity contribution >= 4 is 21.4 Å². The van der Waals surface area contributed by atoms with Crippen molar-refractivity contribution in [2.24, 2.45) is 0 Å². The van der Waals surface area contributed by atoms with Gasteiger partial charge >= 0.3 is 0 Å². The van der Waals surface area contributed by atoms with Crippen LogP contribution in [0.4, 0.5) is 0 Å². The molecule has 0 unspecified atom stereocenters. The summed E-state index contributed by atoms with van der Waals surface area (Å²) in [7, 11) is -3.06. The molecule has 0 spiro atoms. The molecule has 0 saturated heterocycles. The van der Waals surface area contributed by atoms with Crippen molar-refractivity contribution in [3.05, 3.63) is 21.9 Å². The maximum atomic E-state index is 11.5. The molecule has 5 heteroatoms. The van der Waals surface area contributed by atoms with Crippen LogP contribution in [0.2, 0.25) is 0 Å². The molecule has 1 aliphatic rings. The molecule has 1 aliphatic heterocycles. The highest BCUT2D eigenvalue weighted by molar-refractivity contribution is 7.88. The first-order chi connectivity index (χ1) is 6.50. The largest absolute Gasteiger partial charge is 0.212 e. The first-order valence-electron chi connectivity index (χ1n) is 4.53. The Morgan fingerprint density at radius 1 is 1.57 bits per heavy atom. The Balaban J connectivity index is 2.39. The summed E-state index contributed by atoms with van der Waals surface area (Å²) >= 11 is 1.72. The molecular formula is C9H13NO2S2. The second-order valence-electron chi connectivity index (χ2n) is 3.60. The van der Waals surface area contributed by atoms with Gasteiger partial charge in [0.15, 0.2) is 0 Å². The second kappa shape index (κ2) is 3.32. The molecule has 0 radical (unpaired) electrons. The van der Waals surface area contributed by atoms with Gasteiger partial charge in [-0.25, -0.2) is 8.42 Å². The third-order valence-corrected chi connectivity index (χ3v) is 4.99. The molecule has 1 aromatic rings. The lowest BCUT2D eigenvalue weighted by molar-refractivity contribution is 0.332. The van der Waals surface area contributed by atoms with Crippen LogP contribution in [0, 0.1) is 0 Å². The van der Waals surface area contributed by atoms with Crippen LogP contribution in [-0.4, -0.2) is 25.5 Å². The minimum atomic E-state index is -3.06. The molecule has 0 N–H and O–H groups in total. The fraction of sp³-hybridized carbons (Fsp3) is 0.556. The van der Waals surface area contributed by atoms with Gasteiger partial charge in [0.05, 0.1) is 6.26 Å². The fourth-order valence-corrected chi connectivity index (χ4v) is 4.01. The summed E-state index contributed by atoms with van der Waals surface area (Å²) in [6.07, 6.45) is 2.13. The van der Waals surface area contributed by atoms with E-state index in [1.54, 1.807) is 15.6 Å². The van der Waals surface area contributed by atoms with Crippen molar-refractivity contribution in [3.63, 3.8) is 0 Å². The molecule has 0 saturated carbocycles. The molecule has 1 atom stereocenters. The molecule has 0 bridgehead atoms. The van der Waals surface area contributed by atoms with Crippen LogP contribution in [-0.2, 0) is 16.4 Å². The molecule has 0 fully saturated rings. The highest BCUT2D eigenvalue weighted by atomic mass is 32.2. The first kappa shape index (κ1) is 10.1. The van der Waals surface area contributed by atoms with Crippen LogP contribution in [0.5, 0.6) is 0 Å². The quantitative estimate of drug-likeness (QED) is 0.736. The Bertz CT molecular complexity index is 435. The van der Waals surface area contributed by atoms with E-state index in [0.29, 0.717) is 6.54 Å². The van der Waals surface area contributed by atoms with Gasteiger partial charge in [-0.3, -0.25) is 0 Å². The highest BCUT2D eigenvalue weighted by Gasteiger charge is 2.30. The van der Waals surface area contributed by atoms with Crippen molar-refractivity contribution in [2.75, 3.05) is 12.8 Å². The normalized spacial score (nSPS) is 23.4. The molecule has 14 heavy (non-hydrogen) atoms. The SMILES string of the molecule is C[C@H]1c2ccsc2CCN1S(C)(=O)=O. The zero-order chi connectivity index (χ0) is 10.3. The Morgan fingerprint density at radius 3 is 2.93 bits per heavy atom. The van der Waals surface area contributed by atoms with Gasteiger partial charge in [-0.15, -0.1) is 11.3 Å². The number of hydrogen-bond acceptors (Lipinski definition) is 3. The van der Waals surface area contributed by atoms with E-state index in [0.717, 1.165) is 6.42 Å². The first-order valence-corrected chi connectivity index (χ1v) is 7.26. The third kappa shape index (κ3) is 1.60. The van der Waals surface area contributed by atoms with E-state index in [4.69, 9.17) is 0 Å². The summed E-state index contributed by atoms with van der Waals surface area (Å²) in [5, 5.41) is 2.03. The fourth-order valence-electron chi connectivity index (χ4n) is 1.94. The van der Waals surface area contributed by atoms with Gasteiger partial charge in [-0.05, 0) is 30.4 Å². The standard InChI is InChI=1S/C9H13NO2S2/c1-7-8-4-6-13-9(8)3-5-10(7)14(2,11)12/h4,6-7H,3,5H2,1-2H3/t7-/m0/s1. The molecule has 1 aromatic heterocycles. The van der Waals surface area contributed by atoms with Crippen LogP contribution in [0.3, 0.4) is 0 Å². The number of rotatable bonds is 1. The minimum absolute atomic E-state index is 0.000000000000000222. The van der Waals surface area contributed by atoms with Crippen LogP contribution >= 0.6 is 11.3 Å². The number of sulfonamides is 1. The molecule has 2 heterocycles. The lowest BCUT2D eigenvalue weighted by Gasteiger charge is -2.31. The smallest absolute Gasteiger partial charge is 0.211 e. The van der Waals surface area contributed by atoms with E-state index in [1.807, 2.05) is 18.4 Å². The monoisotopic (exact) mass is 231 g/mol. The number of hydrogen-bond donors (Lipinski definition) is 0. The van der Waals surface area contributed by atoms with E-state index in [9.17, 15) is 8.42 Å². The van der Waals surface area contributed by atoms with Crippen LogP contribution in [0.1, 0.15) is 23.4 Å². The van der Waals surface area contributed by atoms with E-state index in [2.05, 4.69) is 0 Å². The van der Waals surface area contributed by atoms with Gasteiger partial charge in [0, 0.05) is 17.5 Å². The van der Waals surface area contributed by atoms with Crippen LogP contribution < -0.4 is 0 Å². The average Bonchev–Trinajstić information content (AvgIpc) is 2.50. The van der Waals surface area contributed by atoms with Crippen molar-refractivity contribution in [3.8, 4) is 0 Å². The Hall–Kier alpha value is -0.390. The molecule has 0 aromatic carbocycles. The Labute approximate surface area is 88.4 Å². The predicted molar refractivity (Wildman–Crippen MR) is 58.0 cm³/mol. The lowest BCUT2D eigenvalue weighted by Crippen LogP contribution is -2.37. The average molecular weight is 231 g/mol. The summed E-state index contributed by atoms with van der Waals surface area (Å²) in [5.74, 6) is 0. The molecule has 78 valence electrons. The van der Waals surface area contributed by atoms with Gasteiger partial charge in [0.25, 0.3) is 0 Å². The number of thiophene rings is 1. The van der Waals surface area contributed by atoms with Crippen molar-refractivity contribution < 1.29 is 8.42 Å². The van der Waals surface area contributed by atoms with Gasteiger partial charge in [0.1, 0.15) is 0 Å². The molecule has 0 amide bonds. The number of nitrogens with zero attached hydrogens (tertiary/aromatic N) is 1. The lowest BCUT2D eigenvalue weighted by atomic mass is 10.0. The van der Waals surface area contributed by atoms with Gasteiger partial charge in [-0.1, -0.05) is 0 Å². The molecule has 0 aliphatic carbocycles. The van der Waals surface area contributed by atoms with Crippen LogP contribution in [0.15, 0.2) is 11.4 Å². The van der Waals surface area contributed by atoms with E-state index >= 15 is 0 Å². The summed E-state index contributed by atoms with van der Waals surface area (Å²) in [6, 6.07) is 2.03. The van der Waals surface area contributed by atoms with Crippen LogP contribution in [0.25, 0.3) is 0 Å². The summed E-state index contributed by atoms with van der Waals surface area (Å²) in [6.45, 7) is 2.57. The predicted octanol–water partition coefficient (Wildman–Crippen LogP) is 1.63. The molecular weight excluding hydrogens is 218 g/mol. The van der Waals surface area contributed by atoms with E-state index < -0.39 is 10.0 Å². The maximum absolute atomic E-state index is 11.5. The summed E-state index contributed by atoms with van der Waals surface area (Å²) < 4.78 is 24.5. The Kier molecular flexibility index (Phi) is 2.41. The van der Waals surface area contributed by atoms with Gasteiger partial charge in [0.2, 0.25) is 10.0 Å². The van der Waals surface area contributed by atoms with Crippen molar-refractivity contribution in [2.45, 2.75) is 19.4 Å². The Morgan fingerprint density at radius 2 is 2.29 bits per heavy atom. The second-order valence-corrected chi connectivity index (χ2v) is 6.53. The maximum Gasteiger partial charge on any atom is 0.211 e. The van der Waals surface area contributed by atoms with Gasteiger partial charge in [-0.2, -0.15) is 4.31 Å². The van der Waals surface area contributed by atoms with Crippen molar-refractivity contribution in [1.82, 2.24) is 4.31 Å². The zero-order valence-electron chi connectivity index (χ0n) is 8.23. The van der Waals surface area contributed by atoms with Gasteiger partial charge < -0.3 is 0 Å². The van der Waals surface area contributed by atoms with E-state index in [1.165, 1.54) is 16.7 Å². The summed E-state index contributed by atoms with van der Waals surface area (Å²) in [4.78, 5) is 1.33. The topological polar surface area (TPSA) is 37.4 Å². The molecule has 2 rings (SSSR count). The third-order valence-electron chi connectivity index (χ3n) is 2.65. The minimum Gasteiger partial charge on any atom is -0.212 e. The van der Waals surface area contributed by atoms with E-state index in [-0.39, 0.29) is 6.04 Å². The molecule has 3 nitrogen and oxygen atoms in total. The highest BCUT2D eigenvalue weighted by Crippen LogP contribution is 2.33. The number of fused-ring (bicyclic) bond motifs is 1. The van der Waals surface area contributed by atoms with Crippen molar-refractivity contribution in [1.29, 1.82) is 0 Å². The zero-order valence-corrected chi connectivity index (χ0v) is 9.86. The summed E-state index contributed by atoms with van der Waals surface area (Å²) in [5.41, 5.74) is 1.17.